The number of phenols is 2. The summed E-state index contributed by atoms with van der Waals surface area (Å²) in [7, 11) is 0. The molecule has 1 amide bonds. The van der Waals surface area contributed by atoms with Gasteiger partial charge in [-0.3, -0.25) is 15.1 Å². The SMILES string of the molecule is CCc1ccccc1NOCc1cc2ccc3c4ccccc4[nH]c3c2c(N=Nc2ccc(Nc3ccc(N=Nc4c(O)c(C(=O)Nc5cccc(CCc6ccc(N(c7ccc(C)cc7)c7ccc(C)cc7)cc6)c5)cc5ccc6c7ccccc7[nH]c6c45)cc3)cc2)c1O. The van der Waals surface area contributed by atoms with Crippen LogP contribution in [0.3, 0.4) is 0 Å². The molecule has 0 spiro atoms. The number of carbonyl (C=O) groups excluding carboxylic acids is 1. The molecule has 15 rings (SSSR count). The second-order valence-corrected chi connectivity index (χ2v) is 24.2. The molecule has 2 aromatic heterocycles. The van der Waals surface area contributed by atoms with Gasteiger partial charge in [0.15, 0.2) is 5.75 Å². The number of aromatic nitrogens is 2. The van der Waals surface area contributed by atoms with E-state index >= 15 is 0 Å². The largest absolute Gasteiger partial charge is 0.505 e. The molecule has 0 aliphatic heterocycles. The number of hydrogen-bond donors (Lipinski definition) is 7. The number of benzene rings is 13. The molecule has 0 bridgehead atoms. The van der Waals surface area contributed by atoms with Crippen molar-refractivity contribution in [3.63, 3.8) is 0 Å². The minimum Gasteiger partial charge on any atom is -0.505 e. The fourth-order valence-corrected chi connectivity index (χ4v) is 12.8. The molecule has 0 fully saturated rings. The maximum Gasteiger partial charge on any atom is 0.259 e. The van der Waals surface area contributed by atoms with Crippen molar-refractivity contribution in [3.8, 4) is 11.5 Å². The lowest BCUT2D eigenvalue weighted by molar-refractivity contribution is 0.102. The van der Waals surface area contributed by atoms with E-state index in [1.807, 2.05) is 146 Å². The average Bonchev–Trinajstić information content (AvgIpc) is 1.53. The Hall–Kier alpha value is -12.4. The van der Waals surface area contributed by atoms with Gasteiger partial charge in [-0.15, -0.1) is 10.2 Å². The number of aromatic amines is 2. The summed E-state index contributed by atoms with van der Waals surface area (Å²) in [5, 5.41) is 56.6. The van der Waals surface area contributed by atoms with Crippen LogP contribution >= 0.6 is 0 Å². The van der Waals surface area contributed by atoms with Gasteiger partial charge in [-0.05, 0) is 188 Å². The highest BCUT2D eigenvalue weighted by atomic mass is 16.6. The van der Waals surface area contributed by atoms with E-state index in [0.717, 1.165) is 119 Å². The molecule has 14 heteroatoms. The molecule has 0 atom stereocenters. The van der Waals surface area contributed by atoms with Crippen molar-refractivity contribution < 1.29 is 19.8 Å². The number of rotatable bonds is 19. The first-order valence-electron chi connectivity index (χ1n) is 32.1. The number of nitrogens with one attached hydrogen (secondary N) is 5. The molecule has 0 aliphatic rings. The van der Waals surface area contributed by atoms with Gasteiger partial charge in [-0.2, -0.15) is 10.2 Å². The van der Waals surface area contributed by atoms with E-state index in [9.17, 15) is 15.0 Å². The number of amides is 1. The van der Waals surface area contributed by atoms with E-state index in [0.29, 0.717) is 39.1 Å². The Bertz CT molecular complexity index is 5440. The fraction of sp³-hybridized carbons (Fsp3) is 0.0854. The predicted octanol–water partition coefficient (Wildman–Crippen LogP) is 22.5. The molecule has 15 aromatic rings. The lowest BCUT2D eigenvalue weighted by Crippen LogP contribution is -2.12. The summed E-state index contributed by atoms with van der Waals surface area (Å²) in [4.78, 5) is 29.9. The first-order chi connectivity index (χ1) is 47.0. The summed E-state index contributed by atoms with van der Waals surface area (Å²) >= 11 is 0. The minimum atomic E-state index is -0.483. The van der Waals surface area contributed by atoms with Crippen molar-refractivity contribution in [2.24, 2.45) is 20.5 Å². The van der Waals surface area contributed by atoms with Crippen molar-refractivity contribution in [2.45, 2.75) is 46.6 Å². The van der Waals surface area contributed by atoms with E-state index in [1.54, 1.807) is 6.07 Å². The van der Waals surface area contributed by atoms with Crippen molar-refractivity contribution >= 4 is 134 Å². The van der Waals surface area contributed by atoms with Crippen LogP contribution in [0.4, 0.5) is 62.6 Å². The zero-order chi connectivity index (χ0) is 65.2. The van der Waals surface area contributed by atoms with Gasteiger partial charge < -0.3 is 35.7 Å². The molecule has 0 saturated carbocycles. The normalized spacial score (nSPS) is 11.7. The third-order valence-electron chi connectivity index (χ3n) is 17.8. The second-order valence-electron chi connectivity index (χ2n) is 24.2. The number of azo groups is 2. The van der Waals surface area contributed by atoms with Crippen LogP contribution in [0.25, 0.3) is 65.2 Å². The molecule has 13 aromatic carbocycles. The van der Waals surface area contributed by atoms with Crippen molar-refractivity contribution in [3.05, 3.63) is 294 Å². The maximum absolute atomic E-state index is 14.4. The molecule has 468 valence electrons. The van der Waals surface area contributed by atoms with Crippen LogP contribution in [-0.4, -0.2) is 26.1 Å². The van der Waals surface area contributed by atoms with Crippen LogP contribution in [0.1, 0.15) is 50.7 Å². The fourth-order valence-electron chi connectivity index (χ4n) is 12.8. The van der Waals surface area contributed by atoms with Crippen molar-refractivity contribution in [2.75, 3.05) is 21.0 Å². The molecule has 96 heavy (non-hydrogen) atoms. The van der Waals surface area contributed by atoms with E-state index in [1.165, 1.54) is 16.7 Å². The van der Waals surface area contributed by atoms with Crippen LogP contribution in [0.15, 0.2) is 275 Å². The quantitative estimate of drug-likeness (QED) is 0.0310. The topological polar surface area (TPSA) is 187 Å². The molecule has 0 aliphatic carbocycles. The van der Waals surface area contributed by atoms with E-state index in [4.69, 9.17) is 15.1 Å². The van der Waals surface area contributed by atoms with Gasteiger partial charge in [0.05, 0.1) is 33.7 Å². The van der Waals surface area contributed by atoms with E-state index in [2.05, 4.69) is 165 Å². The van der Waals surface area contributed by atoms with Crippen LogP contribution in [0.5, 0.6) is 11.5 Å². The average molecular weight is 1260 g/mol. The van der Waals surface area contributed by atoms with Crippen molar-refractivity contribution in [1.29, 1.82) is 0 Å². The number of H-pyrrole nitrogens is 2. The zero-order valence-corrected chi connectivity index (χ0v) is 53.0. The number of anilines is 7. The molecule has 0 radical (unpaired) electrons. The van der Waals surface area contributed by atoms with Gasteiger partial charge in [-0.25, -0.2) is 0 Å². The lowest BCUT2D eigenvalue weighted by Gasteiger charge is -2.26. The highest BCUT2D eigenvalue weighted by molar-refractivity contribution is 6.23. The minimum absolute atomic E-state index is 0.0266. The highest BCUT2D eigenvalue weighted by Gasteiger charge is 2.23. The number of aryl methyl sites for hydroxylation is 5. The van der Waals surface area contributed by atoms with E-state index < -0.39 is 5.91 Å². The van der Waals surface area contributed by atoms with Gasteiger partial charge in [-0.1, -0.05) is 145 Å². The standard InChI is InChI=1S/C82H66N10O4/c1-4-54-13-5-8-17-71(54)91-96-49-57-47-55-28-44-68-66-15-6-9-18-72(66)85-76(68)74(55)78(80(57)93)89-87-60-34-30-58(31-35-60)83-59-32-36-61(37-33-59)88-90-79-75-56(29-45-69-67-16-7-10-19-73(67)86-77(69)75)48-70(81(79)94)82(95)84-62-14-11-12-53(46-62)25-24-52-26-42-65(43-27-52)92(63-38-20-50(2)21-39-63)64-40-22-51(3)23-41-64/h5-23,26-48,83,85-86,91,93-94H,4,24-25,49H2,1-3H3,(H,84,95). The lowest BCUT2D eigenvalue weighted by atomic mass is 10.00. The molecular formula is C82H66N10O4. The smallest absolute Gasteiger partial charge is 0.259 e. The number of phenolic OH excluding ortho intramolecular Hbond substituents is 2. The van der Waals surface area contributed by atoms with Gasteiger partial charge in [0.1, 0.15) is 23.7 Å². The Labute approximate surface area is 553 Å². The van der Waals surface area contributed by atoms with Gasteiger partial charge in [0, 0.05) is 83.0 Å². The first kappa shape index (κ1) is 59.9. The molecule has 7 N–H and O–H groups in total. The first-order valence-corrected chi connectivity index (χ1v) is 32.1. The number of hydrogen-bond acceptors (Lipinski definition) is 11. The number of carbonyl (C=O) groups is 1. The van der Waals surface area contributed by atoms with Gasteiger partial charge in [0.2, 0.25) is 0 Å². The Balaban J connectivity index is 0.653. The van der Waals surface area contributed by atoms with E-state index in [-0.39, 0.29) is 29.4 Å². The highest BCUT2D eigenvalue weighted by Crippen LogP contribution is 2.47. The van der Waals surface area contributed by atoms with Gasteiger partial charge in [0.25, 0.3) is 5.91 Å². The van der Waals surface area contributed by atoms with Gasteiger partial charge >= 0.3 is 0 Å². The summed E-state index contributed by atoms with van der Waals surface area (Å²) < 4.78 is 0. The number of para-hydroxylation sites is 3. The summed E-state index contributed by atoms with van der Waals surface area (Å²) in [6, 6.07) is 84.6. The van der Waals surface area contributed by atoms with Crippen LogP contribution < -0.4 is 21.0 Å². The Morgan fingerprint density at radius 3 is 1.57 bits per heavy atom. The molecule has 2 heterocycles. The summed E-state index contributed by atoms with van der Waals surface area (Å²) in [5.74, 6) is -0.805. The van der Waals surface area contributed by atoms with Crippen molar-refractivity contribution in [1.82, 2.24) is 9.97 Å². The molecule has 0 saturated heterocycles. The summed E-state index contributed by atoms with van der Waals surface area (Å²) in [5.41, 5.74) is 20.9. The molecule has 0 unspecified atom stereocenters. The predicted molar refractivity (Wildman–Crippen MR) is 391 cm³/mol. The van der Waals surface area contributed by atoms with Crippen LogP contribution in [0, 0.1) is 13.8 Å². The molecule has 14 nitrogen and oxygen atoms in total. The summed E-state index contributed by atoms with van der Waals surface area (Å²) in [6.07, 6.45) is 2.38. The number of fused-ring (bicyclic) bond motifs is 10. The maximum atomic E-state index is 14.4. The number of aromatic hydroxyl groups is 2. The Morgan fingerprint density at radius 1 is 0.469 bits per heavy atom. The summed E-state index contributed by atoms with van der Waals surface area (Å²) in [6.45, 7) is 6.37. The monoisotopic (exact) mass is 1250 g/mol. The third kappa shape index (κ3) is 12.1. The zero-order valence-electron chi connectivity index (χ0n) is 53.0. The van der Waals surface area contributed by atoms with Crippen LogP contribution in [-0.2, 0) is 30.7 Å². The second kappa shape index (κ2) is 25.9. The molecular weight excluding hydrogens is 1190 g/mol. The third-order valence-corrected chi connectivity index (χ3v) is 17.8. The number of nitrogens with zero attached hydrogens (tertiary/aromatic N) is 5. The Kier molecular flexibility index (Phi) is 16.2. The Morgan fingerprint density at radius 2 is 0.990 bits per heavy atom. The van der Waals surface area contributed by atoms with Crippen LogP contribution in [0.2, 0.25) is 0 Å².